The van der Waals surface area contributed by atoms with Crippen molar-refractivity contribution >= 4 is 29.1 Å². The van der Waals surface area contributed by atoms with Crippen LogP contribution in [0.25, 0.3) is 0 Å². The van der Waals surface area contributed by atoms with Gasteiger partial charge in [0.2, 0.25) is 11.8 Å². The second-order valence-corrected chi connectivity index (χ2v) is 8.16. The van der Waals surface area contributed by atoms with Gasteiger partial charge in [0.1, 0.15) is 0 Å². The number of anilines is 1. The van der Waals surface area contributed by atoms with Crippen LogP contribution in [0.5, 0.6) is 0 Å². The molecule has 3 N–H and O–H groups in total. The molecule has 0 aromatic heterocycles. The van der Waals surface area contributed by atoms with Gasteiger partial charge in [-0.25, -0.2) is 0 Å². The van der Waals surface area contributed by atoms with Crippen molar-refractivity contribution in [2.45, 2.75) is 37.8 Å². The summed E-state index contributed by atoms with van der Waals surface area (Å²) in [5.74, 6) is 0.00353. The quantitative estimate of drug-likeness (QED) is 0.782. The van der Waals surface area contributed by atoms with E-state index in [2.05, 4.69) is 10.2 Å². The third kappa shape index (κ3) is 4.21. The Hall–Kier alpha value is -2.37. The second kappa shape index (κ2) is 7.94. The average molecular weight is 398 g/mol. The number of hydrogen-bond acceptors (Lipinski definition) is 3. The minimum atomic E-state index is -0.261. The molecule has 2 aromatic rings. The van der Waals surface area contributed by atoms with E-state index in [0.29, 0.717) is 11.6 Å². The van der Waals surface area contributed by atoms with Gasteiger partial charge in [-0.1, -0.05) is 35.9 Å². The average Bonchev–Trinajstić information content (AvgIpc) is 3.34. The maximum absolute atomic E-state index is 12.6. The molecular formula is C22H24ClN3O2. The monoisotopic (exact) mass is 397 g/mol. The van der Waals surface area contributed by atoms with Gasteiger partial charge in [-0.3, -0.25) is 14.5 Å². The van der Waals surface area contributed by atoms with Crippen molar-refractivity contribution < 1.29 is 9.59 Å². The predicted molar refractivity (Wildman–Crippen MR) is 110 cm³/mol. The summed E-state index contributed by atoms with van der Waals surface area (Å²) in [6.45, 7) is 1.53. The molecule has 2 amide bonds. The van der Waals surface area contributed by atoms with Crippen molar-refractivity contribution in [3.63, 3.8) is 0 Å². The number of halogens is 1. The van der Waals surface area contributed by atoms with Crippen LogP contribution in [-0.2, 0) is 16.1 Å². The van der Waals surface area contributed by atoms with E-state index < -0.39 is 0 Å². The normalized spacial score (nSPS) is 24.1. The molecule has 2 fully saturated rings. The van der Waals surface area contributed by atoms with E-state index >= 15 is 0 Å². The number of rotatable bonds is 6. The Morgan fingerprint density at radius 3 is 2.79 bits per heavy atom. The molecule has 0 radical (unpaired) electrons. The van der Waals surface area contributed by atoms with Crippen LogP contribution in [0.4, 0.5) is 5.69 Å². The van der Waals surface area contributed by atoms with Gasteiger partial charge in [-0.2, -0.15) is 0 Å². The first kappa shape index (κ1) is 19.0. The second-order valence-electron chi connectivity index (χ2n) is 7.72. The molecule has 0 bridgehead atoms. The highest BCUT2D eigenvalue weighted by atomic mass is 35.5. The molecule has 5 nitrogen and oxygen atoms in total. The topological polar surface area (TPSA) is 75.4 Å². The van der Waals surface area contributed by atoms with Crippen molar-refractivity contribution in [1.82, 2.24) is 4.90 Å². The van der Waals surface area contributed by atoms with Gasteiger partial charge >= 0.3 is 0 Å². The molecule has 0 spiro atoms. The Bertz CT molecular complexity index is 901. The van der Waals surface area contributed by atoms with E-state index in [1.807, 2.05) is 48.5 Å². The fourth-order valence-corrected chi connectivity index (χ4v) is 4.34. The fraction of sp³-hybridized carbons (Fsp3) is 0.364. The highest BCUT2D eigenvalue weighted by Gasteiger charge is 2.44. The molecule has 1 aliphatic heterocycles. The molecule has 6 heteroatoms. The Kier molecular flexibility index (Phi) is 5.38. The zero-order valence-corrected chi connectivity index (χ0v) is 16.4. The summed E-state index contributed by atoms with van der Waals surface area (Å²) in [4.78, 5) is 26.3. The standard InChI is InChI=1S/C22H24ClN3O2/c23-16-6-2-5-15(11-16)18-12-19(18)22(28)25-17-7-1-4-14(10-17)13-26-9-3-8-20(26)21(24)27/h1-2,4-7,10-11,18-20H,3,8-9,12-13H2,(H2,24,27)(H,25,28). The van der Waals surface area contributed by atoms with Crippen LogP contribution in [0, 0.1) is 5.92 Å². The lowest BCUT2D eigenvalue weighted by Gasteiger charge is -2.22. The Morgan fingerprint density at radius 1 is 1.18 bits per heavy atom. The first-order valence-electron chi connectivity index (χ1n) is 9.70. The van der Waals surface area contributed by atoms with Crippen LogP contribution >= 0.6 is 11.6 Å². The van der Waals surface area contributed by atoms with E-state index in [-0.39, 0.29) is 29.7 Å². The predicted octanol–water partition coefficient (Wildman–Crippen LogP) is 3.53. The smallest absolute Gasteiger partial charge is 0.234 e. The molecule has 4 rings (SSSR count). The first-order chi connectivity index (χ1) is 13.5. The number of likely N-dealkylation sites (tertiary alicyclic amines) is 1. The van der Waals surface area contributed by atoms with Gasteiger partial charge in [0.05, 0.1) is 6.04 Å². The number of nitrogens with zero attached hydrogens (tertiary/aromatic N) is 1. The Labute approximate surface area is 169 Å². The lowest BCUT2D eigenvalue weighted by Crippen LogP contribution is -2.39. The summed E-state index contributed by atoms with van der Waals surface area (Å²) in [5.41, 5.74) is 8.47. The molecule has 3 atom stereocenters. The summed E-state index contributed by atoms with van der Waals surface area (Å²) in [7, 11) is 0. The van der Waals surface area contributed by atoms with E-state index in [9.17, 15) is 9.59 Å². The fourth-order valence-electron chi connectivity index (χ4n) is 4.14. The maximum Gasteiger partial charge on any atom is 0.234 e. The number of carbonyl (C=O) groups is 2. The highest BCUT2D eigenvalue weighted by molar-refractivity contribution is 6.30. The summed E-state index contributed by atoms with van der Waals surface area (Å²) in [6, 6.07) is 15.4. The van der Waals surface area contributed by atoms with Crippen LogP contribution in [0.3, 0.4) is 0 Å². The summed E-state index contributed by atoms with van der Waals surface area (Å²) >= 11 is 6.06. The number of hydrogen-bond donors (Lipinski definition) is 2. The molecular weight excluding hydrogens is 374 g/mol. The molecule has 2 aliphatic rings. The first-order valence-corrected chi connectivity index (χ1v) is 10.1. The number of nitrogens with one attached hydrogen (secondary N) is 1. The minimum absolute atomic E-state index is 0.0139. The van der Waals surface area contributed by atoms with E-state index in [1.54, 1.807) is 0 Å². The van der Waals surface area contributed by atoms with Crippen LogP contribution in [-0.4, -0.2) is 29.3 Å². The molecule has 28 heavy (non-hydrogen) atoms. The van der Waals surface area contributed by atoms with Gasteiger partial charge < -0.3 is 11.1 Å². The molecule has 146 valence electrons. The molecule has 2 aromatic carbocycles. The van der Waals surface area contributed by atoms with Gasteiger partial charge in [0.25, 0.3) is 0 Å². The minimum Gasteiger partial charge on any atom is -0.368 e. The Morgan fingerprint density at radius 2 is 2.00 bits per heavy atom. The number of primary amides is 1. The summed E-state index contributed by atoms with van der Waals surface area (Å²) in [6.07, 6.45) is 2.65. The van der Waals surface area contributed by atoms with Gasteiger partial charge in [-0.15, -0.1) is 0 Å². The lowest BCUT2D eigenvalue weighted by molar-refractivity contribution is -0.122. The van der Waals surface area contributed by atoms with Crippen LogP contribution < -0.4 is 11.1 Å². The molecule has 1 saturated carbocycles. The number of nitrogens with two attached hydrogens (primary N) is 1. The molecule has 1 heterocycles. The summed E-state index contributed by atoms with van der Waals surface area (Å²) < 4.78 is 0. The number of benzene rings is 2. The highest BCUT2D eigenvalue weighted by Crippen LogP contribution is 2.48. The SMILES string of the molecule is NC(=O)C1CCCN1Cc1cccc(NC(=O)C2CC2c2cccc(Cl)c2)c1. The molecule has 3 unspecified atom stereocenters. The van der Waals surface area contributed by atoms with Crippen molar-refractivity contribution in [2.24, 2.45) is 11.7 Å². The summed E-state index contributed by atoms with van der Waals surface area (Å²) in [5, 5.41) is 3.74. The zero-order chi connectivity index (χ0) is 19.7. The van der Waals surface area contributed by atoms with Crippen LogP contribution in [0.15, 0.2) is 48.5 Å². The number of amides is 2. The van der Waals surface area contributed by atoms with Gasteiger partial charge in [0.15, 0.2) is 0 Å². The van der Waals surface area contributed by atoms with Crippen molar-refractivity contribution in [3.8, 4) is 0 Å². The molecule has 1 saturated heterocycles. The van der Waals surface area contributed by atoms with E-state index in [0.717, 1.165) is 42.6 Å². The zero-order valence-electron chi connectivity index (χ0n) is 15.6. The van der Waals surface area contributed by atoms with Crippen LogP contribution in [0.1, 0.15) is 36.3 Å². The van der Waals surface area contributed by atoms with Crippen molar-refractivity contribution in [2.75, 3.05) is 11.9 Å². The van der Waals surface area contributed by atoms with Gasteiger partial charge in [-0.05, 0) is 67.1 Å². The number of carbonyl (C=O) groups excluding carboxylic acids is 2. The van der Waals surface area contributed by atoms with Crippen molar-refractivity contribution in [3.05, 3.63) is 64.7 Å². The largest absolute Gasteiger partial charge is 0.368 e. The van der Waals surface area contributed by atoms with Crippen molar-refractivity contribution in [1.29, 1.82) is 0 Å². The van der Waals surface area contributed by atoms with E-state index in [4.69, 9.17) is 17.3 Å². The maximum atomic E-state index is 12.6. The van der Waals surface area contributed by atoms with Gasteiger partial charge in [0, 0.05) is 23.2 Å². The molecule has 1 aliphatic carbocycles. The lowest BCUT2D eigenvalue weighted by atomic mass is 10.1. The van der Waals surface area contributed by atoms with Crippen LogP contribution in [0.2, 0.25) is 5.02 Å². The van der Waals surface area contributed by atoms with E-state index in [1.165, 1.54) is 0 Å². The Balaban J connectivity index is 1.37. The third-order valence-corrected chi connectivity index (χ3v) is 5.91. The third-order valence-electron chi connectivity index (χ3n) is 5.68.